The number of nitrogens with one attached hydrogen (secondary N) is 2. The van der Waals surface area contributed by atoms with E-state index in [2.05, 4.69) is 38.5 Å². The second kappa shape index (κ2) is 12.0. The predicted molar refractivity (Wildman–Crippen MR) is 118 cm³/mol. The Morgan fingerprint density at radius 2 is 2.10 bits per heavy atom. The van der Waals surface area contributed by atoms with E-state index in [1.807, 2.05) is 12.3 Å². The lowest BCUT2D eigenvalue weighted by atomic mass is 10.1. The van der Waals surface area contributed by atoms with Crippen molar-refractivity contribution in [2.24, 2.45) is 4.99 Å². The lowest BCUT2D eigenvalue weighted by Gasteiger charge is -2.32. The lowest BCUT2D eigenvalue weighted by molar-refractivity contribution is 0.0468. The van der Waals surface area contributed by atoms with Crippen LogP contribution in [0.4, 0.5) is 5.82 Å². The fourth-order valence-electron chi connectivity index (χ4n) is 3.98. The van der Waals surface area contributed by atoms with Gasteiger partial charge >= 0.3 is 0 Å². The highest BCUT2D eigenvalue weighted by molar-refractivity contribution is 5.79. The van der Waals surface area contributed by atoms with Crippen LogP contribution in [0.3, 0.4) is 0 Å². The van der Waals surface area contributed by atoms with Gasteiger partial charge in [0.05, 0.1) is 25.4 Å². The monoisotopic (exact) mass is 403 g/mol. The highest BCUT2D eigenvalue weighted by atomic mass is 16.5. The Kier molecular flexibility index (Phi) is 9.02. The number of nitrogens with zero attached hydrogens (tertiary/aromatic N) is 3. The number of rotatable bonds is 7. The highest BCUT2D eigenvalue weighted by Gasteiger charge is 2.18. The zero-order valence-electron chi connectivity index (χ0n) is 18.0. The second-order valence-electron chi connectivity index (χ2n) is 7.99. The van der Waals surface area contributed by atoms with Gasteiger partial charge in [0.25, 0.3) is 0 Å². The van der Waals surface area contributed by atoms with E-state index in [9.17, 15) is 0 Å². The minimum absolute atomic E-state index is 0.246. The molecule has 162 valence electrons. The molecular formula is C22H37N5O2. The van der Waals surface area contributed by atoms with Crippen LogP contribution in [-0.2, 0) is 16.0 Å². The van der Waals surface area contributed by atoms with Crippen molar-refractivity contribution in [1.29, 1.82) is 0 Å². The van der Waals surface area contributed by atoms with Gasteiger partial charge in [0.2, 0.25) is 0 Å². The Bertz CT molecular complexity index is 631. The molecule has 1 atom stereocenters. The first-order valence-corrected chi connectivity index (χ1v) is 11.1. The van der Waals surface area contributed by atoms with Crippen molar-refractivity contribution in [1.82, 2.24) is 15.6 Å². The maximum atomic E-state index is 6.04. The average Bonchev–Trinajstić information content (AvgIpc) is 3.02. The molecule has 1 aromatic heterocycles. The second-order valence-corrected chi connectivity index (χ2v) is 7.99. The number of aliphatic imine (C=N–C) groups is 1. The van der Waals surface area contributed by atoms with E-state index >= 15 is 0 Å². The maximum Gasteiger partial charge on any atom is 0.191 e. The molecule has 7 heteroatoms. The molecule has 0 aromatic carbocycles. The summed E-state index contributed by atoms with van der Waals surface area (Å²) < 4.78 is 11.7. The summed E-state index contributed by atoms with van der Waals surface area (Å²) in [6.07, 6.45) is 10.3. The van der Waals surface area contributed by atoms with Crippen molar-refractivity contribution in [3.63, 3.8) is 0 Å². The minimum Gasteiger partial charge on any atom is -0.376 e. The Hall–Kier alpha value is -1.86. The van der Waals surface area contributed by atoms with Crippen LogP contribution >= 0.6 is 0 Å². The van der Waals surface area contributed by atoms with Gasteiger partial charge < -0.3 is 25.0 Å². The summed E-state index contributed by atoms with van der Waals surface area (Å²) in [6, 6.07) is 4.19. The number of aromatic nitrogens is 1. The molecule has 3 rings (SSSR count). The number of hydrogen-bond donors (Lipinski definition) is 2. The number of morpholine rings is 1. The molecule has 1 saturated heterocycles. The fraction of sp³-hybridized carbons (Fsp3) is 0.727. The average molecular weight is 404 g/mol. The smallest absolute Gasteiger partial charge is 0.191 e. The van der Waals surface area contributed by atoms with E-state index in [4.69, 9.17) is 9.47 Å². The molecule has 1 aromatic rings. The first-order chi connectivity index (χ1) is 14.2. The SMILES string of the molecule is CN=C(NCCOC1CCCCCC1)NCc1ccnc(N2CCOC(C)C2)c1. The van der Waals surface area contributed by atoms with Crippen LogP contribution in [0.5, 0.6) is 0 Å². The first kappa shape index (κ1) is 21.8. The molecule has 7 nitrogen and oxygen atoms in total. The number of pyridine rings is 1. The van der Waals surface area contributed by atoms with Crippen molar-refractivity contribution in [2.45, 2.75) is 64.2 Å². The zero-order valence-corrected chi connectivity index (χ0v) is 18.0. The van der Waals surface area contributed by atoms with Gasteiger partial charge in [-0.3, -0.25) is 4.99 Å². The summed E-state index contributed by atoms with van der Waals surface area (Å²) in [5.74, 6) is 1.81. The molecule has 1 unspecified atom stereocenters. The van der Waals surface area contributed by atoms with E-state index in [1.54, 1.807) is 7.05 Å². The van der Waals surface area contributed by atoms with Crippen molar-refractivity contribution in [3.05, 3.63) is 23.9 Å². The Balaban J connectivity index is 1.39. The van der Waals surface area contributed by atoms with Crippen molar-refractivity contribution in [2.75, 3.05) is 44.8 Å². The van der Waals surface area contributed by atoms with Crippen LogP contribution < -0.4 is 15.5 Å². The summed E-state index contributed by atoms with van der Waals surface area (Å²) in [6.45, 7) is 6.83. The molecule has 2 heterocycles. The van der Waals surface area contributed by atoms with Gasteiger partial charge in [0, 0.05) is 39.4 Å². The number of guanidine groups is 1. The zero-order chi connectivity index (χ0) is 20.3. The predicted octanol–water partition coefficient (Wildman–Crippen LogP) is 2.71. The summed E-state index contributed by atoms with van der Waals surface area (Å²) in [7, 11) is 1.80. The van der Waals surface area contributed by atoms with E-state index in [1.165, 1.54) is 44.1 Å². The molecule has 2 aliphatic rings. The van der Waals surface area contributed by atoms with Crippen LogP contribution in [0.25, 0.3) is 0 Å². The molecule has 2 N–H and O–H groups in total. The molecular weight excluding hydrogens is 366 g/mol. The lowest BCUT2D eigenvalue weighted by Crippen LogP contribution is -2.41. The van der Waals surface area contributed by atoms with Gasteiger partial charge in [-0.15, -0.1) is 0 Å². The molecule has 1 aliphatic heterocycles. The molecule has 29 heavy (non-hydrogen) atoms. The summed E-state index contributed by atoms with van der Waals surface area (Å²) in [5, 5.41) is 6.74. The van der Waals surface area contributed by atoms with Crippen LogP contribution in [0.15, 0.2) is 23.3 Å². The van der Waals surface area contributed by atoms with Gasteiger partial charge in [-0.25, -0.2) is 4.98 Å². The molecule has 1 saturated carbocycles. The van der Waals surface area contributed by atoms with Crippen LogP contribution in [0.1, 0.15) is 51.0 Å². The van der Waals surface area contributed by atoms with Gasteiger partial charge in [0.15, 0.2) is 5.96 Å². The van der Waals surface area contributed by atoms with Crippen molar-refractivity contribution in [3.8, 4) is 0 Å². The number of ether oxygens (including phenoxy) is 2. The topological polar surface area (TPSA) is 71.0 Å². The molecule has 2 fully saturated rings. The number of hydrogen-bond acceptors (Lipinski definition) is 5. The third-order valence-corrected chi connectivity index (χ3v) is 5.61. The van der Waals surface area contributed by atoms with E-state index in [-0.39, 0.29) is 6.10 Å². The Morgan fingerprint density at radius 1 is 1.28 bits per heavy atom. The fourth-order valence-corrected chi connectivity index (χ4v) is 3.98. The quantitative estimate of drug-likeness (QED) is 0.316. The Labute approximate surface area is 175 Å². The van der Waals surface area contributed by atoms with E-state index in [0.29, 0.717) is 12.6 Å². The van der Waals surface area contributed by atoms with Gasteiger partial charge in [-0.2, -0.15) is 0 Å². The van der Waals surface area contributed by atoms with Crippen molar-refractivity contribution >= 4 is 11.8 Å². The maximum absolute atomic E-state index is 6.04. The van der Waals surface area contributed by atoms with E-state index < -0.39 is 0 Å². The van der Waals surface area contributed by atoms with Gasteiger partial charge in [-0.05, 0) is 37.5 Å². The van der Waals surface area contributed by atoms with Gasteiger partial charge in [0.1, 0.15) is 5.82 Å². The van der Waals surface area contributed by atoms with Crippen LogP contribution in [0.2, 0.25) is 0 Å². The largest absolute Gasteiger partial charge is 0.376 e. The standard InChI is InChI=1S/C22H37N5O2/c1-18-17-27(12-14-28-18)21-15-19(9-10-24-21)16-26-22(23-2)25-11-13-29-20-7-5-3-4-6-8-20/h9-10,15,18,20H,3-8,11-14,16-17H2,1-2H3,(H2,23,25,26). The molecule has 0 spiro atoms. The molecule has 1 aliphatic carbocycles. The minimum atomic E-state index is 0.246. The third kappa shape index (κ3) is 7.48. The van der Waals surface area contributed by atoms with Gasteiger partial charge in [-0.1, -0.05) is 25.7 Å². The number of anilines is 1. The van der Waals surface area contributed by atoms with Crippen LogP contribution in [0, 0.1) is 0 Å². The van der Waals surface area contributed by atoms with E-state index in [0.717, 1.165) is 44.6 Å². The van der Waals surface area contributed by atoms with Crippen LogP contribution in [-0.4, -0.2) is 63.0 Å². The Morgan fingerprint density at radius 3 is 2.86 bits per heavy atom. The molecule has 0 bridgehead atoms. The highest BCUT2D eigenvalue weighted by Crippen LogP contribution is 2.19. The first-order valence-electron chi connectivity index (χ1n) is 11.1. The molecule has 0 radical (unpaired) electrons. The third-order valence-electron chi connectivity index (χ3n) is 5.61. The summed E-state index contributed by atoms with van der Waals surface area (Å²) in [4.78, 5) is 11.1. The molecule has 0 amide bonds. The normalized spacial score (nSPS) is 21.7. The summed E-state index contributed by atoms with van der Waals surface area (Å²) >= 11 is 0. The van der Waals surface area contributed by atoms with Crippen molar-refractivity contribution < 1.29 is 9.47 Å². The summed E-state index contributed by atoms with van der Waals surface area (Å²) in [5.41, 5.74) is 1.19.